The van der Waals surface area contributed by atoms with Crippen LogP contribution in [-0.4, -0.2) is 0 Å². The lowest BCUT2D eigenvalue weighted by molar-refractivity contribution is 0.108. The smallest absolute Gasteiger partial charge is 0.0100 e. The molecule has 4 atom stereocenters. The van der Waals surface area contributed by atoms with E-state index < -0.39 is 0 Å². The topological polar surface area (TPSA) is 0 Å². The fourth-order valence-electron chi connectivity index (χ4n) is 7.42. The van der Waals surface area contributed by atoms with E-state index in [0.29, 0.717) is 0 Å². The first-order valence-corrected chi connectivity index (χ1v) is 13.9. The Morgan fingerprint density at radius 1 is 0.742 bits per heavy atom. The van der Waals surface area contributed by atoms with Gasteiger partial charge in [0.1, 0.15) is 0 Å². The van der Waals surface area contributed by atoms with Crippen LogP contribution in [-0.2, 0) is 6.42 Å². The summed E-state index contributed by atoms with van der Waals surface area (Å²) in [5.41, 5.74) is 3.00. The maximum absolute atomic E-state index is 3.87. The van der Waals surface area contributed by atoms with E-state index in [0.717, 1.165) is 41.9 Å². The number of allylic oxidation sites excluding steroid dienone is 1. The minimum atomic E-state index is 0.818. The first kappa shape index (κ1) is 23.1. The van der Waals surface area contributed by atoms with Crippen molar-refractivity contribution in [1.82, 2.24) is 0 Å². The zero-order valence-electron chi connectivity index (χ0n) is 20.4. The zero-order valence-corrected chi connectivity index (χ0v) is 20.4. The normalized spacial score (nSPS) is 33.6. The summed E-state index contributed by atoms with van der Waals surface area (Å²) in [7, 11) is 0. The molecule has 0 amide bonds. The summed E-state index contributed by atoms with van der Waals surface area (Å²) in [4.78, 5) is 0. The summed E-state index contributed by atoms with van der Waals surface area (Å²) in [6.07, 6.45) is 25.6. The highest BCUT2D eigenvalue weighted by Gasteiger charge is 2.36. The Labute approximate surface area is 193 Å². The molecule has 1 aromatic rings. The van der Waals surface area contributed by atoms with Gasteiger partial charge in [0.15, 0.2) is 0 Å². The van der Waals surface area contributed by atoms with Crippen molar-refractivity contribution in [2.24, 2.45) is 29.6 Å². The second-order valence-electron chi connectivity index (χ2n) is 11.5. The van der Waals surface area contributed by atoms with E-state index in [1.165, 1.54) is 69.8 Å². The summed E-state index contributed by atoms with van der Waals surface area (Å²) in [6.45, 7) is 6.21. The standard InChI is InChI=1S/C31H48/c1-3-5-7-25-8-10-26(11-9-25)12-13-27-16-19-31-23-30(21-20-29(31)22-27)28-17-14-24(6-4-2)15-18-28/h4,14-15,17-18,25-27,29-31H,2-3,5-13,16,19-23H2,1H3. The van der Waals surface area contributed by atoms with Crippen molar-refractivity contribution >= 4 is 0 Å². The van der Waals surface area contributed by atoms with Crippen LogP contribution < -0.4 is 0 Å². The van der Waals surface area contributed by atoms with Crippen LogP contribution in [0, 0.1) is 29.6 Å². The zero-order chi connectivity index (χ0) is 21.5. The van der Waals surface area contributed by atoms with Crippen molar-refractivity contribution < 1.29 is 0 Å². The van der Waals surface area contributed by atoms with Crippen molar-refractivity contribution in [3.8, 4) is 0 Å². The maximum atomic E-state index is 3.87. The molecule has 3 aliphatic carbocycles. The largest absolute Gasteiger partial charge is 0.103 e. The van der Waals surface area contributed by atoms with Gasteiger partial charge in [0, 0.05) is 0 Å². The molecule has 0 heterocycles. The van der Waals surface area contributed by atoms with Gasteiger partial charge < -0.3 is 0 Å². The number of unbranched alkanes of at least 4 members (excludes halogenated alkanes) is 1. The van der Waals surface area contributed by atoms with Gasteiger partial charge in [-0.1, -0.05) is 101 Å². The lowest BCUT2D eigenvalue weighted by atomic mass is 9.63. The number of rotatable bonds is 9. The molecule has 3 fully saturated rings. The van der Waals surface area contributed by atoms with Gasteiger partial charge in [-0.25, -0.2) is 0 Å². The fraction of sp³-hybridized carbons (Fsp3) is 0.742. The summed E-state index contributed by atoms with van der Waals surface area (Å²) < 4.78 is 0. The molecule has 0 nitrogen and oxygen atoms in total. The Hall–Kier alpha value is -1.04. The second kappa shape index (κ2) is 11.7. The van der Waals surface area contributed by atoms with E-state index in [1.54, 1.807) is 37.7 Å². The van der Waals surface area contributed by atoms with E-state index in [4.69, 9.17) is 0 Å². The molecule has 31 heavy (non-hydrogen) atoms. The van der Waals surface area contributed by atoms with Crippen molar-refractivity contribution in [1.29, 1.82) is 0 Å². The lowest BCUT2D eigenvalue weighted by Gasteiger charge is -2.43. The van der Waals surface area contributed by atoms with Gasteiger partial charge in [0.25, 0.3) is 0 Å². The van der Waals surface area contributed by atoms with E-state index in [-0.39, 0.29) is 0 Å². The molecule has 0 spiro atoms. The molecular formula is C31H48. The molecule has 0 bridgehead atoms. The first-order valence-electron chi connectivity index (χ1n) is 13.9. The highest BCUT2D eigenvalue weighted by Crippen LogP contribution is 2.49. The fourth-order valence-corrected chi connectivity index (χ4v) is 7.42. The number of hydrogen-bond acceptors (Lipinski definition) is 0. The van der Waals surface area contributed by atoms with E-state index in [2.05, 4.69) is 37.8 Å². The Bertz CT molecular complexity index is 647. The molecule has 0 saturated heterocycles. The Kier molecular flexibility index (Phi) is 8.74. The average molecular weight is 421 g/mol. The number of benzene rings is 1. The van der Waals surface area contributed by atoms with Crippen molar-refractivity contribution in [3.63, 3.8) is 0 Å². The molecule has 3 saturated carbocycles. The quantitative estimate of drug-likeness (QED) is 0.349. The minimum absolute atomic E-state index is 0.818. The van der Waals surface area contributed by atoms with E-state index in [1.807, 2.05) is 6.08 Å². The summed E-state index contributed by atoms with van der Waals surface area (Å²) in [6, 6.07) is 9.48. The third-order valence-electron chi connectivity index (χ3n) is 9.47. The molecule has 0 N–H and O–H groups in total. The molecule has 172 valence electrons. The highest BCUT2D eigenvalue weighted by atomic mass is 14.4. The molecule has 4 unspecified atom stereocenters. The van der Waals surface area contributed by atoms with Gasteiger partial charge in [-0.3, -0.25) is 0 Å². The molecule has 0 aromatic heterocycles. The minimum Gasteiger partial charge on any atom is -0.103 e. The van der Waals surface area contributed by atoms with Crippen LogP contribution >= 0.6 is 0 Å². The van der Waals surface area contributed by atoms with Crippen LogP contribution in [0.1, 0.15) is 120 Å². The number of hydrogen-bond donors (Lipinski definition) is 0. The van der Waals surface area contributed by atoms with Crippen LogP contribution in [0.4, 0.5) is 0 Å². The van der Waals surface area contributed by atoms with Crippen LogP contribution in [0.25, 0.3) is 0 Å². The Morgan fingerprint density at radius 2 is 1.35 bits per heavy atom. The third kappa shape index (κ3) is 6.49. The third-order valence-corrected chi connectivity index (χ3v) is 9.47. The van der Waals surface area contributed by atoms with Gasteiger partial charge in [-0.2, -0.15) is 0 Å². The van der Waals surface area contributed by atoms with Gasteiger partial charge in [0.2, 0.25) is 0 Å². The van der Waals surface area contributed by atoms with Crippen molar-refractivity contribution in [2.45, 2.75) is 116 Å². The molecule has 0 heteroatoms. The highest BCUT2D eigenvalue weighted by molar-refractivity contribution is 5.27. The molecular weight excluding hydrogens is 372 g/mol. The van der Waals surface area contributed by atoms with Crippen molar-refractivity contribution in [3.05, 3.63) is 48.0 Å². The molecule has 0 aliphatic heterocycles. The predicted octanol–water partition coefficient (Wildman–Crippen LogP) is 9.49. The molecule has 3 aliphatic rings. The van der Waals surface area contributed by atoms with Crippen molar-refractivity contribution in [2.75, 3.05) is 0 Å². The number of fused-ring (bicyclic) bond motifs is 1. The van der Waals surface area contributed by atoms with Crippen LogP contribution in [0.3, 0.4) is 0 Å². The van der Waals surface area contributed by atoms with Gasteiger partial charge in [0.05, 0.1) is 0 Å². The first-order chi connectivity index (χ1) is 15.2. The predicted molar refractivity (Wildman–Crippen MR) is 135 cm³/mol. The van der Waals surface area contributed by atoms with Gasteiger partial charge >= 0.3 is 0 Å². The van der Waals surface area contributed by atoms with Gasteiger partial charge in [-0.05, 0) is 85.2 Å². The Balaban J connectivity index is 1.17. The summed E-state index contributed by atoms with van der Waals surface area (Å²) >= 11 is 0. The molecule has 1 aromatic carbocycles. The lowest BCUT2D eigenvalue weighted by Crippen LogP contribution is -2.30. The summed E-state index contributed by atoms with van der Waals surface area (Å²) in [5, 5.41) is 0. The monoisotopic (exact) mass is 420 g/mol. The molecule has 0 radical (unpaired) electrons. The maximum Gasteiger partial charge on any atom is -0.0100 e. The van der Waals surface area contributed by atoms with Crippen LogP contribution in [0.2, 0.25) is 0 Å². The average Bonchev–Trinajstić information content (AvgIpc) is 2.82. The van der Waals surface area contributed by atoms with Crippen LogP contribution in [0.5, 0.6) is 0 Å². The summed E-state index contributed by atoms with van der Waals surface area (Å²) in [5.74, 6) is 6.05. The van der Waals surface area contributed by atoms with Crippen LogP contribution in [0.15, 0.2) is 36.9 Å². The Morgan fingerprint density at radius 3 is 2.06 bits per heavy atom. The van der Waals surface area contributed by atoms with Gasteiger partial charge in [-0.15, -0.1) is 6.58 Å². The van der Waals surface area contributed by atoms with E-state index in [9.17, 15) is 0 Å². The SMILES string of the molecule is C=CCc1ccc(C2CCC3CC(CCC4CCC(CCCC)CC4)CCC3C2)cc1. The molecule has 4 rings (SSSR count). The van der Waals surface area contributed by atoms with E-state index >= 15 is 0 Å². The second-order valence-corrected chi connectivity index (χ2v) is 11.5.